The first-order chi connectivity index (χ1) is 7.61. The number of para-hydroxylation sites is 1. The average Bonchev–Trinajstić information content (AvgIpc) is 2.27. The SMILES string of the molecule is NC(=O)N1CCOc2c(C(=O)O)cccc21. The zero-order valence-corrected chi connectivity index (χ0v) is 8.34. The van der Waals surface area contributed by atoms with Crippen molar-refractivity contribution >= 4 is 17.7 Å². The van der Waals surface area contributed by atoms with Crippen molar-refractivity contribution in [1.29, 1.82) is 0 Å². The summed E-state index contributed by atoms with van der Waals surface area (Å²) in [7, 11) is 0. The Morgan fingerprint density at radius 1 is 1.44 bits per heavy atom. The summed E-state index contributed by atoms with van der Waals surface area (Å²) in [5, 5.41) is 8.95. The Bertz CT molecular complexity index is 458. The van der Waals surface area contributed by atoms with Gasteiger partial charge in [-0.1, -0.05) is 6.07 Å². The average molecular weight is 222 g/mol. The lowest BCUT2D eigenvalue weighted by Gasteiger charge is -2.28. The molecule has 16 heavy (non-hydrogen) atoms. The van der Waals surface area contributed by atoms with Gasteiger partial charge in [0.2, 0.25) is 0 Å². The molecule has 0 aromatic heterocycles. The second-order valence-electron chi connectivity index (χ2n) is 3.30. The maximum atomic E-state index is 11.1. The number of nitrogens with zero attached hydrogens (tertiary/aromatic N) is 1. The van der Waals surface area contributed by atoms with Crippen molar-refractivity contribution in [3.8, 4) is 5.75 Å². The summed E-state index contributed by atoms with van der Waals surface area (Å²) in [6.45, 7) is 0.561. The van der Waals surface area contributed by atoms with Crippen molar-refractivity contribution in [2.75, 3.05) is 18.1 Å². The molecule has 2 amide bonds. The molecule has 0 atom stereocenters. The number of ether oxygens (including phenoxy) is 1. The summed E-state index contributed by atoms with van der Waals surface area (Å²) in [5.74, 6) is -0.900. The molecule has 1 aromatic carbocycles. The van der Waals surface area contributed by atoms with E-state index in [1.165, 1.54) is 11.0 Å². The van der Waals surface area contributed by atoms with Crippen molar-refractivity contribution < 1.29 is 19.4 Å². The predicted molar refractivity (Wildman–Crippen MR) is 55.8 cm³/mol. The first kappa shape index (κ1) is 10.3. The molecular formula is C10H10N2O4. The first-order valence-electron chi connectivity index (χ1n) is 4.67. The maximum Gasteiger partial charge on any atom is 0.339 e. The van der Waals surface area contributed by atoms with E-state index in [0.29, 0.717) is 12.2 Å². The van der Waals surface area contributed by atoms with Crippen LogP contribution in [0.5, 0.6) is 5.75 Å². The molecule has 0 aliphatic carbocycles. The van der Waals surface area contributed by atoms with Crippen molar-refractivity contribution in [1.82, 2.24) is 0 Å². The van der Waals surface area contributed by atoms with Crippen LogP contribution >= 0.6 is 0 Å². The van der Waals surface area contributed by atoms with Crippen molar-refractivity contribution in [3.63, 3.8) is 0 Å². The number of amides is 2. The number of rotatable bonds is 1. The number of aromatic carboxylic acids is 1. The molecule has 6 nitrogen and oxygen atoms in total. The van der Waals surface area contributed by atoms with E-state index in [9.17, 15) is 9.59 Å². The molecule has 6 heteroatoms. The Morgan fingerprint density at radius 2 is 2.19 bits per heavy atom. The zero-order chi connectivity index (χ0) is 11.7. The second-order valence-corrected chi connectivity index (χ2v) is 3.30. The topological polar surface area (TPSA) is 92.9 Å². The molecule has 1 heterocycles. The van der Waals surface area contributed by atoms with Gasteiger partial charge in [-0.25, -0.2) is 9.59 Å². The van der Waals surface area contributed by atoms with Crippen LogP contribution in [0.25, 0.3) is 0 Å². The lowest BCUT2D eigenvalue weighted by atomic mass is 10.1. The van der Waals surface area contributed by atoms with Crippen molar-refractivity contribution in [2.45, 2.75) is 0 Å². The third-order valence-corrected chi connectivity index (χ3v) is 2.34. The number of hydrogen-bond acceptors (Lipinski definition) is 3. The van der Waals surface area contributed by atoms with Gasteiger partial charge in [0, 0.05) is 0 Å². The fraction of sp³-hybridized carbons (Fsp3) is 0.200. The number of carbonyl (C=O) groups excluding carboxylic acids is 1. The Labute approximate surface area is 91.2 Å². The minimum absolute atomic E-state index is 0.0310. The van der Waals surface area contributed by atoms with Crippen LogP contribution in [0.1, 0.15) is 10.4 Å². The molecule has 0 unspecified atom stereocenters. The molecule has 0 bridgehead atoms. The second kappa shape index (κ2) is 3.73. The Balaban J connectivity index is 2.54. The molecule has 0 fully saturated rings. The van der Waals surface area contributed by atoms with Gasteiger partial charge in [0.1, 0.15) is 12.2 Å². The van der Waals surface area contributed by atoms with E-state index in [0.717, 1.165) is 0 Å². The van der Waals surface area contributed by atoms with Crippen LogP contribution in [0.2, 0.25) is 0 Å². The number of primary amides is 1. The summed E-state index contributed by atoms with van der Waals surface area (Å²) < 4.78 is 5.27. The Morgan fingerprint density at radius 3 is 2.81 bits per heavy atom. The van der Waals surface area contributed by atoms with Crippen LogP contribution < -0.4 is 15.4 Å². The van der Waals surface area contributed by atoms with Gasteiger partial charge in [-0.15, -0.1) is 0 Å². The minimum Gasteiger partial charge on any atom is -0.489 e. The van der Waals surface area contributed by atoms with Crippen LogP contribution in [0.3, 0.4) is 0 Å². The summed E-state index contributed by atoms with van der Waals surface area (Å²) in [4.78, 5) is 23.4. The lowest BCUT2D eigenvalue weighted by Crippen LogP contribution is -2.41. The molecule has 0 saturated heterocycles. The van der Waals surface area contributed by atoms with E-state index < -0.39 is 12.0 Å². The molecule has 3 N–H and O–H groups in total. The van der Waals surface area contributed by atoms with Gasteiger partial charge >= 0.3 is 12.0 Å². The van der Waals surface area contributed by atoms with Crippen LogP contribution in [-0.2, 0) is 0 Å². The monoisotopic (exact) mass is 222 g/mol. The fourth-order valence-electron chi connectivity index (χ4n) is 1.65. The van der Waals surface area contributed by atoms with Crippen LogP contribution in [0.4, 0.5) is 10.5 Å². The minimum atomic E-state index is -1.09. The number of nitrogens with two attached hydrogens (primary N) is 1. The highest BCUT2D eigenvalue weighted by Crippen LogP contribution is 2.34. The number of carbonyl (C=O) groups is 2. The molecule has 1 aliphatic heterocycles. The molecule has 0 radical (unpaired) electrons. The Kier molecular flexibility index (Phi) is 2.40. The molecule has 0 saturated carbocycles. The highest BCUT2D eigenvalue weighted by Gasteiger charge is 2.25. The number of anilines is 1. The summed E-state index contributed by atoms with van der Waals surface area (Å²) in [6.07, 6.45) is 0. The molecule has 84 valence electrons. The van der Waals surface area contributed by atoms with Gasteiger partial charge < -0.3 is 15.6 Å². The van der Waals surface area contributed by atoms with Gasteiger partial charge in [-0.05, 0) is 12.1 Å². The number of hydrogen-bond donors (Lipinski definition) is 2. The summed E-state index contributed by atoms with van der Waals surface area (Å²) >= 11 is 0. The smallest absolute Gasteiger partial charge is 0.339 e. The number of carboxylic acids is 1. The van der Waals surface area contributed by atoms with E-state index in [1.54, 1.807) is 12.1 Å². The third kappa shape index (κ3) is 1.54. The predicted octanol–water partition coefficient (Wildman–Crippen LogP) is 0.662. The highest BCUT2D eigenvalue weighted by molar-refractivity contribution is 5.98. The fourth-order valence-corrected chi connectivity index (χ4v) is 1.65. The van der Waals surface area contributed by atoms with Crippen molar-refractivity contribution in [3.05, 3.63) is 23.8 Å². The van der Waals surface area contributed by atoms with E-state index in [-0.39, 0.29) is 17.9 Å². The molecule has 1 aromatic rings. The number of benzene rings is 1. The zero-order valence-electron chi connectivity index (χ0n) is 8.34. The number of fused-ring (bicyclic) bond motifs is 1. The molecular weight excluding hydrogens is 212 g/mol. The van der Waals surface area contributed by atoms with Gasteiger partial charge in [0.25, 0.3) is 0 Å². The van der Waals surface area contributed by atoms with Crippen LogP contribution in [0.15, 0.2) is 18.2 Å². The molecule has 1 aliphatic rings. The quantitative estimate of drug-likeness (QED) is 0.730. The normalized spacial score (nSPS) is 13.9. The number of urea groups is 1. The van der Waals surface area contributed by atoms with Gasteiger partial charge in [-0.2, -0.15) is 0 Å². The van der Waals surface area contributed by atoms with Gasteiger partial charge in [0.05, 0.1) is 12.2 Å². The van der Waals surface area contributed by atoms with E-state index >= 15 is 0 Å². The van der Waals surface area contributed by atoms with Gasteiger partial charge in [0.15, 0.2) is 5.75 Å². The van der Waals surface area contributed by atoms with E-state index in [1.807, 2.05) is 0 Å². The lowest BCUT2D eigenvalue weighted by molar-refractivity contribution is 0.0692. The third-order valence-electron chi connectivity index (χ3n) is 2.34. The standard InChI is InChI=1S/C10H10N2O4/c11-10(15)12-4-5-16-8-6(9(13)14)2-1-3-7(8)12/h1-3H,4-5H2,(H2,11,15)(H,13,14). The molecule has 0 spiro atoms. The van der Waals surface area contributed by atoms with Crippen LogP contribution in [0, 0.1) is 0 Å². The highest BCUT2D eigenvalue weighted by atomic mass is 16.5. The molecule has 2 rings (SSSR count). The summed E-state index contributed by atoms with van der Waals surface area (Å²) in [5.41, 5.74) is 5.62. The van der Waals surface area contributed by atoms with E-state index in [4.69, 9.17) is 15.6 Å². The van der Waals surface area contributed by atoms with Crippen LogP contribution in [-0.4, -0.2) is 30.3 Å². The largest absolute Gasteiger partial charge is 0.489 e. The number of carboxylic acid groups (broad SMARTS) is 1. The van der Waals surface area contributed by atoms with Crippen molar-refractivity contribution in [2.24, 2.45) is 5.73 Å². The van der Waals surface area contributed by atoms with Gasteiger partial charge in [-0.3, -0.25) is 4.90 Å². The first-order valence-corrected chi connectivity index (χ1v) is 4.67. The maximum absolute atomic E-state index is 11.1. The Hall–Kier alpha value is -2.24. The van der Waals surface area contributed by atoms with E-state index in [2.05, 4.69) is 0 Å². The summed E-state index contributed by atoms with van der Waals surface area (Å²) in [6, 6.07) is 3.96.